The van der Waals surface area contributed by atoms with Gasteiger partial charge in [-0.05, 0) is 24.3 Å². The third kappa shape index (κ3) is 2.20. The first-order valence-electron chi connectivity index (χ1n) is 7.27. The minimum absolute atomic E-state index is 0.0834. The summed E-state index contributed by atoms with van der Waals surface area (Å²) in [6.45, 7) is 0. The average molecular weight is 293 g/mol. The number of aromatic amines is 1. The van der Waals surface area contributed by atoms with E-state index >= 15 is 0 Å². The van der Waals surface area contributed by atoms with Crippen LogP contribution in [0.4, 0.5) is 11.5 Å². The molecule has 1 aliphatic rings. The molecule has 0 aliphatic heterocycles. The summed E-state index contributed by atoms with van der Waals surface area (Å²) in [5.74, 6) is 1.63. The van der Waals surface area contributed by atoms with Crippen molar-refractivity contribution in [2.24, 2.45) is 0 Å². The highest BCUT2D eigenvalue weighted by Gasteiger charge is 2.32. The zero-order valence-corrected chi connectivity index (χ0v) is 11.9. The van der Waals surface area contributed by atoms with Crippen LogP contribution in [0.1, 0.15) is 34.2 Å². The van der Waals surface area contributed by atoms with Gasteiger partial charge >= 0.3 is 0 Å². The number of nitrogens with zero attached hydrogens (tertiary/aromatic N) is 1. The molecule has 0 amide bonds. The molecule has 1 aliphatic carbocycles. The van der Waals surface area contributed by atoms with Crippen LogP contribution in [0.2, 0.25) is 0 Å². The molecule has 2 N–H and O–H groups in total. The van der Waals surface area contributed by atoms with Gasteiger partial charge in [0.1, 0.15) is 5.76 Å². The molecule has 0 saturated carbocycles. The molecule has 1 aromatic carbocycles. The van der Waals surface area contributed by atoms with Crippen LogP contribution < -0.4 is 5.32 Å². The van der Waals surface area contributed by atoms with E-state index in [1.807, 2.05) is 42.5 Å². The van der Waals surface area contributed by atoms with Crippen molar-refractivity contribution >= 4 is 17.3 Å². The zero-order chi connectivity index (χ0) is 14.9. The van der Waals surface area contributed by atoms with Crippen molar-refractivity contribution in [2.45, 2.75) is 18.8 Å². The molecule has 0 saturated heterocycles. The zero-order valence-electron chi connectivity index (χ0n) is 11.9. The number of carbonyl (C=O) groups excluding carboxylic acids is 1. The first kappa shape index (κ1) is 12.9. The number of aromatic nitrogens is 2. The number of furan rings is 1. The fraction of sp³-hybridized carbons (Fsp3) is 0.176. The standard InChI is InChI=1S/C17H15N3O2/c21-14-10-11(15-7-4-8-22-15)9-13-16(14)17(20-19-13)18-12-5-2-1-3-6-12/h1-8,11H,9-10H2,(H2,18,19,20). The van der Waals surface area contributed by atoms with Crippen molar-refractivity contribution in [3.05, 3.63) is 65.7 Å². The van der Waals surface area contributed by atoms with Crippen LogP contribution in [0.25, 0.3) is 0 Å². The van der Waals surface area contributed by atoms with E-state index in [1.54, 1.807) is 6.26 Å². The molecule has 3 aromatic rings. The third-order valence-electron chi connectivity index (χ3n) is 3.98. The van der Waals surface area contributed by atoms with E-state index in [-0.39, 0.29) is 11.7 Å². The summed E-state index contributed by atoms with van der Waals surface area (Å²) in [6.07, 6.45) is 2.83. The number of hydrogen-bond acceptors (Lipinski definition) is 4. The van der Waals surface area contributed by atoms with E-state index < -0.39 is 0 Å². The van der Waals surface area contributed by atoms with E-state index in [4.69, 9.17) is 4.42 Å². The van der Waals surface area contributed by atoms with Gasteiger partial charge < -0.3 is 9.73 Å². The van der Waals surface area contributed by atoms with Crippen LogP contribution in [-0.2, 0) is 6.42 Å². The summed E-state index contributed by atoms with van der Waals surface area (Å²) in [4.78, 5) is 12.5. The quantitative estimate of drug-likeness (QED) is 0.773. The monoisotopic (exact) mass is 293 g/mol. The molecule has 5 nitrogen and oxygen atoms in total. The Labute approximate surface area is 127 Å². The minimum Gasteiger partial charge on any atom is -0.469 e. The number of rotatable bonds is 3. The van der Waals surface area contributed by atoms with Gasteiger partial charge in [0.2, 0.25) is 0 Å². The van der Waals surface area contributed by atoms with Gasteiger partial charge in [0.25, 0.3) is 0 Å². The maximum Gasteiger partial charge on any atom is 0.169 e. The average Bonchev–Trinajstić information content (AvgIpc) is 3.18. The molecular weight excluding hydrogens is 278 g/mol. The van der Waals surface area contributed by atoms with Gasteiger partial charge in [0.15, 0.2) is 11.6 Å². The van der Waals surface area contributed by atoms with Gasteiger partial charge in [-0.25, -0.2) is 0 Å². The summed E-state index contributed by atoms with van der Waals surface area (Å²) in [7, 11) is 0. The first-order chi connectivity index (χ1) is 10.8. The Balaban J connectivity index is 1.63. The second kappa shape index (κ2) is 5.18. The number of anilines is 2. The summed E-state index contributed by atoms with van der Waals surface area (Å²) < 4.78 is 5.44. The highest BCUT2D eigenvalue weighted by Crippen LogP contribution is 2.35. The van der Waals surface area contributed by atoms with E-state index in [0.29, 0.717) is 17.8 Å². The van der Waals surface area contributed by atoms with Crippen molar-refractivity contribution < 1.29 is 9.21 Å². The van der Waals surface area contributed by atoms with Crippen LogP contribution in [0.3, 0.4) is 0 Å². The molecule has 0 spiro atoms. The summed E-state index contributed by atoms with van der Waals surface area (Å²) >= 11 is 0. The van der Waals surface area contributed by atoms with Gasteiger partial charge in [-0.2, -0.15) is 5.10 Å². The van der Waals surface area contributed by atoms with Crippen LogP contribution in [0.5, 0.6) is 0 Å². The van der Waals surface area contributed by atoms with Gasteiger partial charge in [-0.1, -0.05) is 18.2 Å². The number of carbonyl (C=O) groups is 1. The van der Waals surface area contributed by atoms with Crippen molar-refractivity contribution in [1.29, 1.82) is 0 Å². The molecule has 0 bridgehead atoms. The highest BCUT2D eigenvalue weighted by atomic mass is 16.3. The Kier molecular flexibility index (Phi) is 3.04. The van der Waals surface area contributed by atoms with Crippen molar-refractivity contribution in [2.75, 3.05) is 5.32 Å². The van der Waals surface area contributed by atoms with Gasteiger partial charge in [0, 0.05) is 30.1 Å². The van der Waals surface area contributed by atoms with E-state index in [2.05, 4.69) is 15.5 Å². The molecule has 22 heavy (non-hydrogen) atoms. The third-order valence-corrected chi connectivity index (χ3v) is 3.98. The van der Waals surface area contributed by atoms with E-state index in [9.17, 15) is 4.79 Å². The lowest BCUT2D eigenvalue weighted by Crippen LogP contribution is -2.18. The van der Waals surface area contributed by atoms with Crippen molar-refractivity contribution in [3.63, 3.8) is 0 Å². The lowest BCUT2D eigenvalue weighted by Gasteiger charge is -2.19. The lowest BCUT2D eigenvalue weighted by molar-refractivity contribution is 0.0961. The predicted molar refractivity (Wildman–Crippen MR) is 82.4 cm³/mol. The molecule has 2 heterocycles. The maximum absolute atomic E-state index is 12.5. The molecule has 110 valence electrons. The number of para-hydroxylation sites is 1. The second-order valence-corrected chi connectivity index (χ2v) is 5.46. The lowest BCUT2D eigenvalue weighted by atomic mass is 9.85. The van der Waals surface area contributed by atoms with Crippen LogP contribution in [-0.4, -0.2) is 16.0 Å². The molecule has 0 radical (unpaired) electrons. The Morgan fingerprint density at radius 1 is 1.14 bits per heavy atom. The first-order valence-corrected chi connectivity index (χ1v) is 7.27. The molecule has 4 rings (SSSR count). The summed E-state index contributed by atoms with van der Waals surface area (Å²) in [5.41, 5.74) is 2.46. The minimum atomic E-state index is 0.0834. The smallest absolute Gasteiger partial charge is 0.169 e. The normalized spacial score (nSPS) is 17.3. The van der Waals surface area contributed by atoms with E-state index in [1.165, 1.54) is 0 Å². The molecule has 1 unspecified atom stereocenters. The SMILES string of the molecule is O=C1CC(c2ccco2)Cc2[nH]nc(Nc3ccccc3)c21. The van der Waals surface area contributed by atoms with Crippen LogP contribution >= 0.6 is 0 Å². The summed E-state index contributed by atoms with van der Waals surface area (Å²) in [5, 5.41) is 10.5. The Bertz CT molecular complexity index is 791. The van der Waals surface area contributed by atoms with Crippen LogP contribution in [0, 0.1) is 0 Å². The van der Waals surface area contributed by atoms with Crippen LogP contribution in [0.15, 0.2) is 53.1 Å². The van der Waals surface area contributed by atoms with E-state index in [0.717, 1.165) is 23.6 Å². The number of ketones is 1. The number of fused-ring (bicyclic) bond motifs is 1. The Morgan fingerprint density at radius 3 is 2.77 bits per heavy atom. The van der Waals surface area contributed by atoms with Crippen molar-refractivity contribution in [3.8, 4) is 0 Å². The number of nitrogens with one attached hydrogen (secondary N) is 2. The summed E-state index contributed by atoms with van der Waals surface area (Å²) in [6, 6.07) is 13.5. The molecular formula is C17H15N3O2. The topological polar surface area (TPSA) is 70.9 Å². The molecule has 2 aromatic heterocycles. The van der Waals surface area contributed by atoms with Gasteiger partial charge in [-0.3, -0.25) is 9.89 Å². The van der Waals surface area contributed by atoms with Gasteiger partial charge in [0.05, 0.1) is 11.8 Å². The predicted octanol–water partition coefficient (Wildman–Crippen LogP) is 3.66. The number of benzene rings is 1. The number of H-pyrrole nitrogens is 1. The molecule has 0 fully saturated rings. The van der Waals surface area contributed by atoms with Crippen molar-refractivity contribution in [1.82, 2.24) is 10.2 Å². The van der Waals surface area contributed by atoms with Gasteiger partial charge in [-0.15, -0.1) is 0 Å². The fourth-order valence-electron chi connectivity index (χ4n) is 2.94. The fourth-order valence-corrected chi connectivity index (χ4v) is 2.94. The largest absolute Gasteiger partial charge is 0.469 e. The molecule has 5 heteroatoms. The Hall–Kier alpha value is -2.82. The Morgan fingerprint density at radius 2 is 2.00 bits per heavy atom. The maximum atomic E-state index is 12.5. The number of Topliss-reactive ketones (excluding diaryl/α,β-unsaturated/α-hetero) is 1. The highest BCUT2D eigenvalue weighted by molar-refractivity contribution is 6.03. The second-order valence-electron chi connectivity index (χ2n) is 5.46. The molecule has 1 atom stereocenters. The number of hydrogen-bond donors (Lipinski definition) is 2.